The lowest BCUT2D eigenvalue weighted by molar-refractivity contribution is -0.145. The third-order valence-corrected chi connectivity index (χ3v) is 4.62. The van der Waals surface area contributed by atoms with E-state index in [0.717, 1.165) is 30.2 Å². The summed E-state index contributed by atoms with van der Waals surface area (Å²) in [4.78, 5) is 27.0. The Morgan fingerprint density at radius 1 is 1.22 bits per heavy atom. The fraction of sp³-hybridized carbons (Fsp3) is 0.412. The fourth-order valence-corrected chi connectivity index (χ4v) is 3.33. The van der Waals surface area contributed by atoms with E-state index in [1.807, 2.05) is 0 Å². The Labute approximate surface area is 132 Å². The van der Waals surface area contributed by atoms with Crippen molar-refractivity contribution in [1.82, 2.24) is 10.3 Å². The van der Waals surface area contributed by atoms with Gasteiger partial charge in [0.15, 0.2) is 0 Å². The number of aliphatic carboxylic acids is 1. The summed E-state index contributed by atoms with van der Waals surface area (Å²) < 4.78 is 13.4. The minimum absolute atomic E-state index is 0.250. The lowest BCUT2D eigenvalue weighted by Crippen LogP contribution is -2.55. The molecule has 3 rings (SSSR count). The van der Waals surface area contributed by atoms with Crippen LogP contribution in [0.3, 0.4) is 0 Å². The van der Waals surface area contributed by atoms with Crippen LogP contribution in [-0.4, -0.2) is 27.5 Å². The van der Waals surface area contributed by atoms with Crippen molar-refractivity contribution in [3.63, 3.8) is 0 Å². The van der Waals surface area contributed by atoms with Crippen molar-refractivity contribution in [2.24, 2.45) is 0 Å². The van der Waals surface area contributed by atoms with Crippen LogP contribution in [0.15, 0.2) is 18.2 Å². The van der Waals surface area contributed by atoms with Gasteiger partial charge in [-0.05, 0) is 43.5 Å². The third kappa shape index (κ3) is 2.81. The van der Waals surface area contributed by atoms with Gasteiger partial charge < -0.3 is 15.4 Å². The molecular weight excluding hydrogens is 299 g/mol. The van der Waals surface area contributed by atoms with E-state index in [0.29, 0.717) is 18.4 Å². The monoisotopic (exact) mass is 318 g/mol. The number of amides is 1. The molecule has 0 saturated heterocycles. The molecule has 1 aromatic heterocycles. The SMILES string of the molecule is Cc1cc(F)cc2[nH]c(C(=O)NC3(C(=O)O)CCCCC3)cc12. The topological polar surface area (TPSA) is 82.2 Å². The summed E-state index contributed by atoms with van der Waals surface area (Å²) in [5.41, 5.74) is 0.300. The van der Waals surface area contributed by atoms with Crippen molar-refractivity contribution >= 4 is 22.8 Å². The van der Waals surface area contributed by atoms with Crippen molar-refractivity contribution in [1.29, 1.82) is 0 Å². The summed E-state index contributed by atoms with van der Waals surface area (Å²) in [7, 11) is 0. The van der Waals surface area contributed by atoms with Crippen LogP contribution in [0.2, 0.25) is 0 Å². The molecule has 0 radical (unpaired) electrons. The third-order valence-electron chi connectivity index (χ3n) is 4.62. The van der Waals surface area contributed by atoms with E-state index in [-0.39, 0.29) is 11.5 Å². The van der Waals surface area contributed by atoms with Crippen LogP contribution >= 0.6 is 0 Å². The lowest BCUT2D eigenvalue weighted by atomic mass is 9.81. The fourth-order valence-electron chi connectivity index (χ4n) is 3.33. The van der Waals surface area contributed by atoms with Gasteiger partial charge in [0.1, 0.15) is 17.1 Å². The molecule has 1 amide bonds. The van der Waals surface area contributed by atoms with E-state index in [4.69, 9.17) is 0 Å². The number of carboxylic acids is 1. The highest BCUT2D eigenvalue weighted by atomic mass is 19.1. The maximum atomic E-state index is 13.4. The second-order valence-corrected chi connectivity index (χ2v) is 6.27. The number of rotatable bonds is 3. The number of carboxylic acid groups (broad SMARTS) is 1. The molecule has 1 fully saturated rings. The van der Waals surface area contributed by atoms with Crippen LogP contribution in [0.5, 0.6) is 0 Å². The van der Waals surface area contributed by atoms with Gasteiger partial charge in [0.2, 0.25) is 0 Å². The van der Waals surface area contributed by atoms with Gasteiger partial charge in [0, 0.05) is 10.9 Å². The molecule has 0 unspecified atom stereocenters. The van der Waals surface area contributed by atoms with Gasteiger partial charge in [-0.1, -0.05) is 19.3 Å². The van der Waals surface area contributed by atoms with Crippen LogP contribution in [0.4, 0.5) is 4.39 Å². The molecule has 0 spiro atoms. The highest BCUT2D eigenvalue weighted by molar-refractivity contribution is 6.01. The Kier molecular flexibility index (Phi) is 3.83. The van der Waals surface area contributed by atoms with Gasteiger partial charge in [-0.25, -0.2) is 9.18 Å². The summed E-state index contributed by atoms with van der Waals surface area (Å²) in [5.74, 6) is -1.84. The lowest BCUT2D eigenvalue weighted by Gasteiger charge is -2.33. The van der Waals surface area contributed by atoms with Crippen LogP contribution in [-0.2, 0) is 4.79 Å². The molecule has 6 heteroatoms. The summed E-state index contributed by atoms with van der Waals surface area (Å²) in [6.45, 7) is 1.76. The summed E-state index contributed by atoms with van der Waals surface area (Å²) in [6.07, 6.45) is 3.41. The zero-order valence-electron chi connectivity index (χ0n) is 12.9. The van der Waals surface area contributed by atoms with Crippen LogP contribution in [0.25, 0.3) is 10.9 Å². The standard InChI is InChI=1S/C17H19FN2O3/c1-10-7-11(18)8-13-12(10)9-14(19-13)15(21)20-17(16(22)23)5-3-2-4-6-17/h7-9,19H,2-6H2,1H3,(H,20,21)(H,22,23). The smallest absolute Gasteiger partial charge is 0.329 e. The molecule has 0 aliphatic heterocycles. The second-order valence-electron chi connectivity index (χ2n) is 6.27. The van der Waals surface area contributed by atoms with E-state index in [1.54, 1.807) is 13.0 Å². The number of halogens is 1. The number of carbonyl (C=O) groups is 2. The highest BCUT2D eigenvalue weighted by Gasteiger charge is 2.41. The molecule has 122 valence electrons. The number of nitrogens with one attached hydrogen (secondary N) is 2. The molecule has 3 N–H and O–H groups in total. The first-order chi connectivity index (χ1) is 10.9. The number of hydrogen-bond acceptors (Lipinski definition) is 2. The van der Waals surface area contributed by atoms with Gasteiger partial charge in [-0.3, -0.25) is 4.79 Å². The number of benzene rings is 1. The van der Waals surface area contributed by atoms with E-state index in [1.165, 1.54) is 12.1 Å². The van der Waals surface area contributed by atoms with E-state index in [2.05, 4.69) is 10.3 Å². The quantitative estimate of drug-likeness (QED) is 0.813. The van der Waals surface area contributed by atoms with Crippen molar-refractivity contribution < 1.29 is 19.1 Å². The van der Waals surface area contributed by atoms with Crippen LogP contribution < -0.4 is 5.32 Å². The van der Waals surface area contributed by atoms with Crippen molar-refractivity contribution in [2.45, 2.75) is 44.6 Å². The van der Waals surface area contributed by atoms with Crippen molar-refractivity contribution in [2.75, 3.05) is 0 Å². The maximum Gasteiger partial charge on any atom is 0.329 e. The van der Waals surface area contributed by atoms with E-state index in [9.17, 15) is 19.1 Å². The average Bonchev–Trinajstić information content (AvgIpc) is 2.92. The average molecular weight is 318 g/mol. The number of fused-ring (bicyclic) bond motifs is 1. The minimum atomic E-state index is -1.20. The summed E-state index contributed by atoms with van der Waals surface area (Å²) in [5, 5.41) is 13.0. The Hall–Kier alpha value is -2.37. The number of hydrogen-bond donors (Lipinski definition) is 3. The number of carbonyl (C=O) groups excluding carboxylic acids is 1. The molecule has 1 aromatic carbocycles. The summed E-state index contributed by atoms with van der Waals surface area (Å²) in [6, 6.07) is 4.36. The second kappa shape index (κ2) is 5.68. The zero-order chi connectivity index (χ0) is 16.6. The Morgan fingerprint density at radius 2 is 1.91 bits per heavy atom. The highest BCUT2D eigenvalue weighted by Crippen LogP contribution is 2.29. The molecular formula is C17H19FN2O3. The minimum Gasteiger partial charge on any atom is -0.480 e. The molecule has 2 aromatic rings. The molecule has 1 aliphatic rings. The van der Waals surface area contributed by atoms with Crippen LogP contribution in [0, 0.1) is 12.7 Å². The van der Waals surface area contributed by atoms with Gasteiger partial charge in [-0.2, -0.15) is 0 Å². The largest absolute Gasteiger partial charge is 0.480 e. The first-order valence-electron chi connectivity index (χ1n) is 7.76. The molecule has 5 nitrogen and oxygen atoms in total. The molecule has 0 bridgehead atoms. The normalized spacial score (nSPS) is 17.1. The molecule has 1 aliphatic carbocycles. The van der Waals surface area contributed by atoms with Gasteiger partial charge in [0.25, 0.3) is 5.91 Å². The first kappa shape index (κ1) is 15.5. The Balaban J connectivity index is 1.91. The van der Waals surface area contributed by atoms with Gasteiger partial charge >= 0.3 is 5.97 Å². The Bertz CT molecular complexity index is 775. The number of aromatic amines is 1. The van der Waals surface area contributed by atoms with Gasteiger partial charge in [0.05, 0.1) is 0 Å². The van der Waals surface area contributed by atoms with Crippen LogP contribution in [0.1, 0.15) is 48.2 Å². The van der Waals surface area contributed by atoms with E-state index < -0.39 is 17.4 Å². The van der Waals surface area contributed by atoms with Crippen molar-refractivity contribution in [3.8, 4) is 0 Å². The zero-order valence-corrected chi connectivity index (χ0v) is 12.9. The molecule has 1 saturated carbocycles. The molecule has 23 heavy (non-hydrogen) atoms. The molecule has 1 heterocycles. The first-order valence-corrected chi connectivity index (χ1v) is 7.76. The number of aromatic nitrogens is 1. The molecule has 0 atom stereocenters. The van der Waals surface area contributed by atoms with Gasteiger partial charge in [-0.15, -0.1) is 0 Å². The maximum absolute atomic E-state index is 13.4. The number of aryl methyl sites for hydroxylation is 1. The van der Waals surface area contributed by atoms with Crippen molar-refractivity contribution in [3.05, 3.63) is 35.3 Å². The predicted molar refractivity (Wildman–Crippen MR) is 83.9 cm³/mol. The summed E-state index contributed by atoms with van der Waals surface area (Å²) >= 11 is 0. The van der Waals surface area contributed by atoms with E-state index >= 15 is 0 Å². The number of H-pyrrole nitrogens is 1. The Morgan fingerprint density at radius 3 is 2.57 bits per heavy atom. The predicted octanol–water partition coefficient (Wildman–Crippen LogP) is 3.13.